The SMILES string of the molecule is COC(=O)c1ccccc1N(C)c1ncnc(Nc2cccc(Cl)c2)c1N. The van der Waals surface area contributed by atoms with E-state index in [0.717, 1.165) is 5.69 Å². The van der Waals surface area contributed by atoms with Crippen LogP contribution in [0.4, 0.5) is 28.7 Å². The van der Waals surface area contributed by atoms with Crippen molar-refractivity contribution < 1.29 is 9.53 Å². The van der Waals surface area contributed by atoms with E-state index in [-0.39, 0.29) is 0 Å². The topological polar surface area (TPSA) is 93.4 Å². The summed E-state index contributed by atoms with van der Waals surface area (Å²) in [5.74, 6) is 0.443. The Morgan fingerprint density at radius 2 is 1.96 bits per heavy atom. The van der Waals surface area contributed by atoms with E-state index >= 15 is 0 Å². The average Bonchev–Trinajstić information content (AvgIpc) is 2.68. The van der Waals surface area contributed by atoms with E-state index in [1.165, 1.54) is 13.4 Å². The molecule has 0 saturated heterocycles. The van der Waals surface area contributed by atoms with Gasteiger partial charge in [-0.2, -0.15) is 0 Å². The van der Waals surface area contributed by atoms with Crippen molar-refractivity contribution in [2.45, 2.75) is 0 Å². The van der Waals surface area contributed by atoms with Gasteiger partial charge in [0.1, 0.15) is 12.0 Å². The predicted molar refractivity (Wildman–Crippen MR) is 107 cm³/mol. The van der Waals surface area contributed by atoms with Crippen LogP contribution in [0.3, 0.4) is 0 Å². The highest BCUT2D eigenvalue weighted by molar-refractivity contribution is 6.30. The zero-order chi connectivity index (χ0) is 19.4. The molecule has 7 nitrogen and oxygen atoms in total. The Kier molecular flexibility index (Phi) is 5.42. The van der Waals surface area contributed by atoms with Gasteiger partial charge in [0.15, 0.2) is 11.6 Å². The third kappa shape index (κ3) is 3.93. The molecule has 0 radical (unpaired) electrons. The highest BCUT2D eigenvalue weighted by Gasteiger charge is 2.19. The highest BCUT2D eigenvalue weighted by Crippen LogP contribution is 2.33. The summed E-state index contributed by atoms with van der Waals surface area (Å²) in [7, 11) is 3.11. The molecule has 0 atom stereocenters. The molecule has 0 aliphatic carbocycles. The number of nitrogens with one attached hydrogen (secondary N) is 1. The molecule has 1 heterocycles. The molecular formula is C19H18ClN5O2. The van der Waals surface area contributed by atoms with Crippen LogP contribution in [0, 0.1) is 0 Å². The van der Waals surface area contributed by atoms with Gasteiger partial charge in [-0.25, -0.2) is 14.8 Å². The van der Waals surface area contributed by atoms with Gasteiger partial charge in [-0.05, 0) is 30.3 Å². The fraction of sp³-hybridized carbons (Fsp3) is 0.105. The van der Waals surface area contributed by atoms with E-state index < -0.39 is 5.97 Å². The minimum Gasteiger partial charge on any atom is -0.465 e. The molecule has 3 N–H and O–H groups in total. The number of esters is 1. The number of carbonyl (C=O) groups excluding carboxylic acids is 1. The number of nitrogens with zero attached hydrogens (tertiary/aromatic N) is 3. The van der Waals surface area contributed by atoms with E-state index in [1.54, 1.807) is 42.3 Å². The third-order valence-electron chi connectivity index (χ3n) is 3.94. The second kappa shape index (κ2) is 7.92. The van der Waals surface area contributed by atoms with E-state index in [1.807, 2.05) is 18.2 Å². The van der Waals surface area contributed by atoms with Crippen LogP contribution >= 0.6 is 11.6 Å². The number of carbonyl (C=O) groups is 1. The second-order valence-corrected chi connectivity index (χ2v) is 6.10. The van der Waals surface area contributed by atoms with Crippen LogP contribution in [0.1, 0.15) is 10.4 Å². The third-order valence-corrected chi connectivity index (χ3v) is 4.17. The Bertz CT molecular complexity index is 980. The molecule has 0 unspecified atom stereocenters. The summed E-state index contributed by atoms with van der Waals surface area (Å²) in [6, 6.07) is 14.3. The van der Waals surface area contributed by atoms with Crippen LogP contribution in [0.15, 0.2) is 54.9 Å². The normalized spacial score (nSPS) is 10.3. The molecule has 0 amide bonds. The van der Waals surface area contributed by atoms with E-state index in [9.17, 15) is 4.79 Å². The Morgan fingerprint density at radius 3 is 2.70 bits per heavy atom. The predicted octanol–water partition coefficient (Wildman–Crippen LogP) is 4.01. The first-order chi connectivity index (χ1) is 13.0. The zero-order valence-corrected chi connectivity index (χ0v) is 15.6. The van der Waals surface area contributed by atoms with Crippen molar-refractivity contribution in [3.05, 3.63) is 65.4 Å². The van der Waals surface area contributed by atoms with Gasteiger partial charge in [-0.3, -0.25) is 0 Å². The fourth-order valence-electron chi connectivity index (χ4n) is 2.62. The lowest BCUT2D eigenvalue weighted by molar-refractivity contribution is 0.0601. The summed E-state index contributed by atoms with van der Waals surface area (Å²) in [5.41, 5.74) is 8.39. The molecule has 0 bridgehead atoms. The van der Waals surface area contributed by atoms with Crippen LogP contribution in [-0.4, -0.2) is 30.1 Å². The number of nitrogen functional groups attached to an aromatic ring is 1. The van der Waals surface area contributed by atoms with Crippen molar-refractivity contribution in [2.24, 2.45) is 0 Å². The lowest BCUT2D eigenvalue weighted by atomic mass is 10.1. The average molecular weight is 384 g/mol. The first-order valence-corrected chi connectivity index (χ1v) is 8.43. The number of aromatic nitrogens is 2. The van der Waals surface area contributed by atoms with Crippen LogP contribution in [-0.2, 0) is 4.74 Å². The number of hydrogen-bond donors (Lipinski definition) is 2. The molecule has 0 aliphatic heterocycles. The van der Waals surface area contributed by atoms with Gasteiger partial charge in [-0.15, -0.1) is 0 Å². The molecule has 138 valence electrons. The first kappa shape index (κ1) is 18.5. The maximum Gasteiger partial charge on any atom is 0.339 e. The van der Waals surface area contributed by atoms with E-state index in [0.29, 0.717) is 33.6 Å². The smallest absolute Gasteiger partial charge is 0.339 e. The Morgan fingerprint density at radius 1 is 1.19 bits per heavy atom. The summed E-state index contributed by atoms with van der Waals surface area (Å²) in [6.45, 7) is 0. The van der Waals surface area contributed by atoms with Crippen molar-refractivity contribution in [3.8, 4) is 0 Å². The van der Waals surface area contributed by atoms with Gasteiger partial charge in [0.05, 0.1) is 18.4 Å². The number of hydrogen-bond acceptors (Lipinski definition) is 7. The van der Waals surface area contributed by atoms with Crippen LogP contribution in [0.25, 0.3) is 0 Å². The summed E-state index contributed by atoms with van der Waals surface area (Å²) in [4.78, 5) is 22.2. The van der Waals surface area contributed by atoms with Crippen molar-refractivity contribution in [1.29, 1.82) is 0 Å². The maximum atomic E-state index is 12.1. The molecule has 0 aliphatic rings. The summed E-state index contributed by atoms with van der Waals surface area (Å²) < 4.78 is 4.85. The van der Waals surface area contributed by atoms with Crippen LogP contribution in [0.2, 0.25) is 5.02 Å². The number of para-hydroxylation sites is 1. The maximum absolute atomic E-state index is 12.1. The highest BCUT2D eigenvalue weighted by atomic mass is 35.5. The molecule has 0 saturated carbocycles. The van der Waals surface area contributed by atoms with Gasteiger partial charge in [0.25, 0.3) is 0 Å². The number of ether oxygens (including phenoxy) is 1. The number of nitrogens with two attached hydrogens (primary N) is 1. The molecule has 27 heavy (non-hydrogen) atoms. The Balaban J connectivity index is 1.97. The Labute approximate surface area is 161 Å². The summed E-state index contributed by atoms with van der Waals surface area (Å²) >= 11 is 6.02. The van der Waals surface area contributed by atoms with Crippen LogP contribution in [0.5, 0.6) is 0 Å². The number of benzene rings is 2. The molecule has 1 aromatic heterocycles. The van der Waals surface area contributed by atoms with Crippen LogP contribution < -0.4 is 16.0 Å². The quantitative estimate of drug-likeness (QED) is 0.643. The fourth-order valence-corrected chi connectivity index (χ4v) is 2.81. The molecule has 8 heteroatoms. The monoisotopic (exact) mass is 383 g/mol. The molecule has 2 aromatic carbocycles. The molecule has 3 aromatic rings. The van der Waals surface area contributed by atoms with Crippen molar-refractivity contribution in [1.82, 2.24) is 9.97 Å². The van der Waals surface area contributed by atoms with E-state index in [2.05, 4.69) is 15.3 Å². The van der Waals surface area contributed by atoms with Gasteiger partial charge < -0.3 is 20.7 Å². The lowest BCUT2D eigenvalue weighted by Gasteiger charge is -2.23. The molecular weight excluding hydrogens is 366 g/mol. The number of methoxy groups -OCH3 is 1. The lowest BCUT2D eigenvalue weighted by Crippen LogP contribution is -2.18. The molecule has 0 fully saturated rings. The minimum atomic E-state index is -0.442. The Hall–Kier alpha value is -3.32. The largest absolute Gasteiger partial charge is 0.465 e. The molecule has 0 spiro atoms. The zero-order valence-electron chi connectivity index (χ0n) is 14.8. The van der Waals surface area contributed by atoms with Gasteiger partial charge in [-0.1, -0.05) is 29.8 Å². The van der Waals surface area contributed by atoms with Gasteiger partial charge in [0, 0.05) is 17.8 Å². The summed E-state index contributed by atoms with van der Waals surface area (Å²) in [6.07, 6.45) is 1.40. The van der Waals surface area contributed by atoms with Crippen molar-refractivity contribution in [3.63, 3.8) is 0 Å². The molecule has 3 rings (SSSR count). The first-order valence-electron chi connectivity index (χ1n) is 8.05. The summed E-state index contributed by atoms with van der Waals surface area (Å²) in [5, 5.41) is 3.72. The number of halogens is 1. The van der Waals surface area contributed by atoms with Gasteiger partial charge in [0.2, 0.25) is 0 Å². The minimum absolute atomic E-state index is 0.333. The number of anilines is 5. The van der Waals surface area contributed by atoms with Crippen molar-refractivity contribution >= 4 is 46.3 Å². The van der Waals surface area contributed by atoms with E-state index in [4.69, 9.17) is 22.1 Å². The number of rotatable bonds is 5. The second-order valence-electron chi connectivity index (χ2n) is 5.66. The standard InChI is InChI=1S/C19H18ClN5O2/c1-25(15-9-4-3-8-14(15)19(26)27-2)18-16(21)17(22-11-23-18)24-13-7-5-6-12(20)10-13/h3-11H,21H2,1-2H3,(H,22,23,24). The van der Waals surface area contributed by atoms with Crippen molar-refractivity contribution in [2.75, 3.05) is 30.1 Å². The van der Waals surface area contributed by atoms with Gasteiger partial charge >= 0.3 is 5.97 Å².